The van der Waals surface area contributed by atoms with E-state index in [1.54, 1.807) is 0 Å². The van der Waals surface area contributed by atoms with Crippen LogP contribution in [0.15, 0.2) is 66.4 Å². The molecule has 0 radical (unpaired) electrons. The summed E-state index contributed by atoms with van der Waals surface area (Å²) in [7, 11) is 0. The molecule has 0 aromatic heterocycles. The zero-order valence-corrected chi connectivity index (χ0v) is 19.2. The largest absolute Gasteiger partial charge is 1.00 e. The van der Waals surface area contributed by atoms with Crippen LogP contribution in [0.1, 0.15) is 45.7 Å². The first kappa shape index (κ1) is 23.0. The average molecular weight is 351 g/mol. The number of rotatable bonds is 2. The van der Waals surface area contributed by atoms with Gasteiger partial charge in [-0.15, -0.1) is 12.5 Å². The van der Waals surface area contributed by atoms with Crippen molar-refractivity contribution in [2.75, 3.05) is 0 Å². The fourth-order valence-electron chi connectivity index (χ4n) is 1.65. The van der Waals surface area contributed by atoms with Crippen LogP contribution in [0.3, 0.4) is 0 Å². The smallest absolute Gasteiger partial charge is 0.323 e. The third kappa shape index (κ3) is 8.71. The standard InChI is InChI=1S/C16H13.2C2H6.Rb/c1-2-9-16(14-10-5-3-6-11-14)15-12-7-4-8-13-15;2*1-2;/h3-8,10-13H,1H3;2*1-2H3;/q-1;;;+1. The fraction of sp³-hybridized carbons (Fsp3) is 0.250. The van der Waals surface area contributed by atoms with Gasteiger partial charge in [-0.05, 0) is 0 Å². The second kappa shape index (κ2) is 16.1. The maximum Gasteiger partial charge on any atom is 1.00 e. The molecule has 0 nitrogen and oxygen atoms in total. The molecule has 0 unspecified atom stereocenters. The minimum atomic E-state index is 0. The van der Waals surface area contributed by atoms with Crippen molar-refractivity contribution in [3.8, 4) is 0 Å². The molecule has 0 aliphatic carbocycles. The monoisotopic (exact) mass is 350 g/mol. The number of benzene rings is 2. The Hall–Kier alpha value is -0.235. The molecule has 0 amide bonds. The molecule has 0 saturated heterocycles. The zero-order chi connectivity index (χ0) is 15.2. The fourth-order valence-corrected chi connectivity index (χ4v) is 1.65. The first-order valence-corrected chi connectivity index (χ1v) is 7.32. The molecule has 0 N–H and O–H groups in total. The van der Waals surface area contributed by atoms with Crippen LogP contribution in [-0.4, -0.2) is 0 Å². The molecule has 21 heavy (non-hydrogen) atoms. The van der Waals surface area contributed by atoms with Crippen LogP contribution < -0.4 is 58.2 Å². The molecule has 2 rings (SSSR count). The number of hydrogen-bond donors (Lipinski definition) is 0. The molecule has 1 heteroatoms. The molecule has 2 aromatic carbocycles. The van der Waals surface area contributed by atoms with Gasteiger partial charge >= 0.3 is 58.2 Å². The Kier molecular flexibility index (Phi) is 17.7. The first-order chi connectivity index (χ1) is 9.92. The summed E-state index contributed by atoms with van der Waals surface area (Å²) in [4.78, 5) is 0. The second-order valence-corrected chi connectivity index (χ2v) is 3.48. The SMILES string of the molecule is CC.CC.C[C-]=C=C(c1ccccc1)c1ccccc1.[Rb+]. The van der Waals surface area contributed by atoms with E-state index in [1.165, 1.54) is 11.1 Å². The van der Waals surface area contributed by atoms with Gasteiger partial charge in [0.1, 0.15) is 0 Å². The van der Waals surface area contributed by atoms with Crippen LogP contribution in [0.25, 0.3) is 5.57 Å². The minimum absolute atomic E-state index is 0. The van der Waals surface area contributed by atoms with E-state index in [4.69, 9.17) is 0 Å². The third-order valence-electron chi connectivity index (χ3n) is 2.37. The van der Waals surface area contributed by atoms with Gasteiger partial charge in [-0.2, -0.15) is 0 Å². The third-order valence-corrected chi connectivity index (χ3v) is 2.37. The van der Waals surface area contributed by atoms with Crippen LogP contribution in [0.2, 0.25) is 0 Å². The van der Waals surface area contributed by atoms with Crippen LogP contribution in [0.4, 0.5) is 0 Å². The molecular formula is C20H25Rb. The van der Waals surface area contributed by atoms with E-state index in [0.717, 1.165) is 5.57 Å². The second-order valence-electron chi connectivity index (χ2n) is 3.48. The van der Waals surface area contributed by atoms with Gasteiger partial charge in [-0.25, -0.2) is 6.08 Å². The van der Waals surface area contributed by atoms with Crippen LogP contribution >= 0.6 is 0 Å². The molecule has 0 aliphatic heterocycles. The summed E-state index contributed by atoms with van der Waals surface area (Å²) in [6.45, 7) is 9.87. The summed E-state index contributed by atoms with van der Waals surface area (Å²) in [6, 6.07) is 20.5. The van der Waals surface area contributed by atoms with Crippen molar-refractivity contribution in [1.29, 1.82) is 0 Å². The first-order valence-electron chi connectivity index (χ1n) is 7.32. The molecule has 2 aromatic rings. The van der Waals surface area contributed by atoms with Crippen LogP contribution in [0, 0.1) is 6.08 Å². The Labute approximate surface area is 179 Å². The summed E-state index contributed by atoms with van der Waals surface area (Å²) in [5, 5.41) is 0. The maximum absolute atomic E-state index is 3.18. The minimum Gasteiger partial charge on any atom is -0.323 e. The topological polar surface area (TPSA) is 0 Å². The van der Waals surface area contributed by atoms with E-state index >= 15 is 0 Å². The molecule has 0 bridgehead atoms. The van der Waals surface area contributed by atoms with Gasteiger partial charge in [-0.3, -0.25) is 0 Å². The Morgan fingerprint density at radius 1 is 0.714 bits per heavy atom. The van der Waals surface area contributed by atoms with E-state index in [0.29, 0.717) is 0 Å². The molecule has 0 aliphatic rings. The molecule has 0 spiro atoms. The van der Waals surface area contributed by atoms with Gasteiger partial charge in [-0.1, -0.05) is 99.5 Å². The van der Waals surface area contributed by atoms with E-state index < -0.39 is 0 Å². The summed E-state index contributed by atoms with van der Waals surface area (Å²) >= 11 is 0. The normalized spacial score (nSPS) is 7.67. The van der Waals surface area contributed by atoms with Crippen molar-refractivity contribution in [1.82, 2.24) is 0 Å². The van der Waals surface area contributed by atoms with Gasteiger partial charge in [0, 0.05) is 0 Å². The van der Waals surface area contributed by atoms with Gasteiger partial charge in [0.05, 0.1) is 0 Å². The molecule has 106 valence electrons. The van der Waals surface area contributed by atoms with Crippen molar-refractivity contribution in [2.24, 2.45) is 0 Å². The van der Waals surface area contributed by atoms with Gasteiger partial charge in [0.2, 0.25) is 0 Å². The van der Waals surface area contributed by atoms with Gasteiger partial charge in [0.25, 0.3) is 0 Å². The molecule has 0 atom stereocenters. The zero-order valence-electron chi connectivity index (χ0n) is 14.3. The van der Waals surface area contributed by atoms with Crippen molar-refractivity contribution in [3.63, 3.8) is 0 Å². The molecular weight excluding hydrogens is 326 g/mol. The number of hydrogen-bond acceptors (Lipinski definition) is 0. The predicted molar refractivity (Wildman–Crippen MR) is 90.5 cm³/mol. The Bertz CT molecular complexity index is 465. The quantitative estimate of drug-likeness (QED) is 0.576. The Morgan fingerprint density at radius 2 is 1.05 bits per heavy atom. The molecule has 0 fully saturated rings. The summed E-state index contributed by atoms with van der Waals surface area (Å²) < 4.78 is 0. The maximum atomic E-state index is 3.18. The van der Waals surface area contributed by atoms with E-state index in [2.05, 4.69) is 36.1 Å². The van der Waals surface area contributed by atoms with Crippen LogP contribution in [0.5, 0.6) is 0 Å². The predicted octanol–water partition coefficient (Wildman–Crippen LogP) is 3.15. The Morgan fingerprint density at radius 3 is 1.33 bits per heavy atom. The van der Waals surface area contributed by atoms with Crippen molar-refractivity contribution in [3.05, 3.63) is 83.6 Å². The van der Waals surface area contributed by atoms with Gasteiger partial charge < -0.3 is 5.73 Å². The summed E-state index contributed by atoms with van der Waals surface area (Å²) in [6.07, 6.45) is 2.98. The van der Waals surface area contributed by atoms with E-state index in [-0.39, 0.29) is 58.2 Å². The van der Waals surface area contributed by atoms with Crippen molar-refractivity contribution >= 4 is 5.57 Å². The molecule has 0 saturated carbocycles. The average Bonchev–Trinajstić information content (AvgIpc) is 2.58. The van der Waals surface area contributed by atoms with E-state index in [1.807, 2.05) is 71.0 Å². The molecule has 0 heterocycles. The van der Waals surface area contributed by atoms with Gasteiger partial charge in [0.15, 0.2) is 0 Å². The van der Waals surface area contributed by atoms with E-state index in [9.17, 15) is 0 Å². The number of allylic oxidation sites excluding steroid dienone is 1. The Balaban J connectivity index is 0. The van der Waals surface area contributed by atoms with Crippen LogP contribution in [-0.2, 0) is 0 Å². The van der Waals surface area contributed by atoms with Crippen molar-refractivity contribution < 1.29 is 58.2 Å². The van der Waals surface area contributed by atoms with Crippen molar-refractivity contribution in [2.45, 2.75) is 34.6 Å². The summed E-state index contributed by atoms with van der Waals surface area (Å²) in [5.74, 6) is 0. The summed E-state index contributed by atoms with van der Waals surface area (Å²) in [5.41, 5.74) is 6.61.